The van der Waals surface area contributed by atoms with E-state index >= 15 is 0 Å². The molecule has 0 radical (unpaired) electrons. The van der Waals surface area contributed by atoms with Gasteiger partial charge in [0.25, 0.3) is 0 Å². The van der Waals surface area contributed by atoms with Crippen LogP contribution in [0, 0.1) is 17.8 Å². The van der Waals surface area contributed by atoms with Crippen LogP contribution in [0.25, 0.3) is 0 Å². The number of hydrogen-bond donors (Lipinski definition) is 5. The SMILES string of the molecule is CC[C@H](C)[C@H]1C(=O)N[C@H](C(=O)N2CCCCC2)CSCC(=O)N[C@@H](Cc2ccccc2)C(=O)N(C)[C@@H](CC(C)C)C(=O)N[C@@H]([C@@H](C)O)C(=O)N(C)CC(=O)N(C)[C@@H](CC(C)C)C(=O)NC(COC(C)(C)C)C(=O)N1C. The second kappa shape index (κ2) is 29.9. The minimum absolute atomic E-state index is 0.0346. The van der Waals surface area contributed by atoms with Crippen LogP contribution in [0.4, 0.5) is 0 Å². The molecule has 0 spiro atoms. The Hall–Kier alpha value is -5.28. The standard InChI is InChI=1S/C54H89N9O11S/c1-15-35(6)46-49(69)57-40(52(72)63-24-20-17-21-25-63)31-75-32-43(65)55-38(28-37-22-18-16-19-23-37)50(70)61(13)42(27-34(4)5)48(68)58-45(36(7)64)53(73)59(11)29-44(66)60(12)41(26-33(2)3)47(67)56-39(51(71)62(46)14)30-74-54(8,9)10/h16,18-19,22-23,33-36,38-42,45-46,64H,15,17,20-21,24-32H2,1-14H3,(H,55,65)(H,56,67)(H,57,69)(H,58,68)/t35-,36+,38-,39?,40-,41-,42-,45-,46-/m0/s1. The zero-order valence-corrected chi connectivity index (χ0v) is 47.9. The maximum atomic E-state index is 14.8. The molecule has 1 aromatic carbocycles. The minimum Gasteiger partial charge on any atom is -0.391 e. The molecule has 20 nitrogen and oxygen atoms in total. The van der Waals surface area contributed by atoms with E-state index in [2.05, 4.69) is 21.3 Å². The molecule has 2 heterocycles. The van der Waals surface area contributed by atoms with Crippen molar-refractivity contribution in [1.82, 2.24) is 45.8 Å². The van der Waals surface area contributed by atoms with Gasteiger partial charge in [0, 0.05) is 53.5 Å². The highest BCUT2D eigenvalue weighted by Crippen LogP contribution is 2.21. The highest BCUT2D eigenvalue weighted by molar-refractivity contribution is 8.00. The van der Waals surface area contributed by atoms with Crippen molar-refractivity contribution >= 4 is 64.9 Å². The van der Waals surface area contributed by atoms with E-state index in [9.17, 15) is 48.3 Å². The van der Waals surface area contributed by atoms with Crippen LogP contribution in [0.15, 0.2) is 30.3 Å². The molecule has 9 amide bonds. The van der Waals surface area contributed by atoms with E-state index in [0.717, 1.165) is 41.5 Å². The van der Waals surface area contributed by atoms with Crippen LogP contribution >= 0.6 is 11.8 Å². The summed E-state index contributed by atoms with van der Waals surface area (Å²) in [5, 5.41) is 22.2. The number of hydrogen-bond acceptors (Lipinski definition) is 12. The minimum atomic E-state index is -1.56. The van der Waals surface area contributed by atoms with Crippen LogP contribution in [0.3, 0.4) is 0 Å². The summed E-state index contributed by atoms with van der Waals surface area (Å²) < 4.78 is 6.09. The molecule has 2 aliphatic heterocycles. The molecule has 75 heavy (non-hydrogen) atoms. The molecule has 1 aromatic rings. The first-order valence-electron chi connectivity index (χ1n) is 26.5. The van der Waals surface area contributed by atoms with Gasteiger partial charge < -0.3 is 55.6 Å². The largest absolute Gasteiger partial charge is 0.391 e. The maximum Gasteiger partial charge on any atom is 0.248 e. The van der Waals surface area contributed by atoms with Gasteiger partial charge in [0.2, 0.25) is 53.2 Å². The van der Waals surface area contributed by atoms with Gasteiger partial charge in [-0.05, 0) is 83.1 Å². The number of aliphatic hydroxyl groups is 1. The molecule has 9 atom stereocenters. The highest BCUT2D eigenvalue weighted by atomic mass is 32.2. The number of piperidine rings is 1. The van der Waals surface area contributed by atoms with Crippen LogP contribution in [0.2, 0.25) is 0 Å². The van der Waals surface area contributed by atoms with Gasteiger partial charge in [-0.2, -0.15) is 0 Å². The van der Waals surface area contributed by atoms with Crippen LogP contribution < -0.4 is 21.3 Å². The smallest absolute Gasteiger partial charge is 0.248 e. The summed E-state index contributed by atoms with van der Waals surface area (Å²) in [6.45, 7) is 17.9. The molecule has 2 fully saturated rings. The van der Waals surface area contributed by atoms with Gasteiger partial charge in [-0.1, -0.05) is 78.3 Å². The summed E-state index contributed by atoms with van der Waals surface area (Å²) in [4.78, 5) is 136. The van der Waals surface area contributed by atoms with Crippen LogP contribution in [0.1, 0.15) is 113 Å². The number of thioether (sulfide) groups is 1. The molecule has 0 aromatic heterocycles. The first kappa shape index (κ1) is 64.0. The fourth-order valence-corrected chi connectivity index (χ4v) is 9.98. The first-order valence-corrected chi connectivity index (χ1v) is 27.7. The number of amides is 9. The van der Waals surface area contributed by atoms with Crippen molar-refractivity contribution < 1.29 is 53.0 Å². The molecule has 0 bridgehead atoms. The molecule has 1 unspecified atom stereocenters. The molecule has 0 saturated carbocycles. The molecule has 5 N–H and O–H groups in total. The quantitative estimate of drug-likeness (QED) is 0.202. The van der Waals surface area contributed by atoms with Crippen molar-refractivity contribution in [1.29, 1.82) is 0 Å². The Morgan fingerprint density at radius 3 is 1.83 bits per heavy atom. The fourth-order valence-electron chi connectivity index (χ4n) is 9.14. The highest BCUT2D eigenvalue weighted by Gasteiger charge is 2.41. The number of likely N-dealkylation sites (N-methyl/N-ethyl adjacent to an activating group) is 4. The Kier molecular flexibility index (Phi) is 25.5. The molecule has 2 aliphatic rings. The van der Waals surface area contributed by atoms with Crippen LogP contribution in [0.5, 0.6) is 0 Å². The van der Waals surface area contributed by atoms with Crippen LogP contribution in [-0.4, -0.2) is 203 Å². The second-order valence-corrected chi connectivity index (χ2v) is 23.2. The lowest BCUT2D eigenvalue weighted by Crippen LogP contribution is -2.62. The molecule has 0 aliphatic carbocycles. The van der Waals surface area contributed by atoms with E-state index in [1.54, 1.807) is 56.9 Å². The van der Waals surface area contributed by atoms with Crippen molar-refractivity contribution in [3.05, 3.63) is 35.9 Å². The summed E-state index contributed by atoms with van der Waals surface area (Å²) in [5.41, 5.74) is -0.0453. The number of ether oxygens (including phenoxy) is 1. The van der Waals surface area contributed by atoms with Crippen molar-refractivity contribution in [2.24, 2.45) is 17.8 Å². The van der Waals surface area contributed by atoms with Crippen molar-refractivity contribution in [2.45, 2.75) is 168 Å². The lowest BCUT2D eigenvalue weighted by Gasteiger charge is -2.37. The number of nitrogens with zero attached hydrogens (tertiary/aromatic N) is 5. The molecule has 21 heteroatoms. The fraction of sp³-hybridized carbons (Fsp3) is 0.722. The molecule has 3 rings (SSSR count). The third-order valence-corrected chi connectivity index (χ3v) is 14.7. The van der Waals surface area contributed by atoms with Crippen molar-refractivity contribution in [3.8, 4) is 0 Å². The summed E-state index contributed by atoms with van der Waals surface area (Å²) in [5.74, 6) is -6.69. The van der Waals surface area contributed by atoms with E-state index in [0.29, 0.717) is 19.5 Å². The monoisotopic (exact) mass is 1070 g/mol. The number of aliphatic hydroxyl groups excluding tert-OH is 1. The number of rotatable bonds is 12. The Morgan fingerprint density at radius 1 is 0.720 bits per heavy atom. The Morgan fingerprint density at radius 2 is 1.28 bits per heavy atom. The predicted octanol–water partition coefficient (Wildman–Crippen LogP) is 2.20. The van der Waals surface area contributed by atoms with Gasteiger partial charge in [0.15, 0.2) is 0 Å². The summed E-state index contributed by atoms with van der Waals surface area (Å²) in [6, 6.07) is 0.335. The second-order valence-electron chi connectivity index (χ2n) is 22.2. The zero-order valence-electron chi connectivity index (χ0n) is 47.1. The average Bonchev–Trinajstić information content (AvgIpc) is 3.35. The molecular weight excluding hydrogens is 983 g/mol. The number of nitrogens with one attached hydrogen (secondary N) is 4. The number of carbonyl (C=O) groups is 9. The third-order valence-electron chi connectivity index (χ3n) is 13.7. The van der Waals surface area contributed by atoms with Gasteiger partial charge >= 0.3 is 0 Å². The number of carbonyl (C=O) groups excluding carboxylic acids is 9. The zero-order chi connectivity index (χ0) is 56.5. The Balaban J connectivity index is 2.23. The summed E-state index contributed by atoms with van der Waals surface area (Å²) in [6.07, 6.45) is 1.83. The van der Waals surface area contributed by atoms with Crippen LogP contribution in [-0.2, 0) is 54.3 Å². The summed E-state index contributed by atoms with van der Waals surface area (Å²) in [7, 11) is 5.63. The van der Waals surface area contributed by atoms with Crippen molar-refractivity contribution in [2.75, 3.05) is 65.9 Å². The van der Waals surface area contributed by atoms with E-state index in [1.807, 2.05) is 40.7 Å². The number of benzene rings is 1. The predicted molar refractivity (Wildman–Crippen MR) is 289 cm³/mol. The van der Waals surface area contributed by atoms with E-state index in [1.165, 1.54) is 49.8 Å². The lowest BCUT2D eigenvalue weighted by atomic mass is 9.95. The normalized spacial score (nSPS) is 25.7. The van der Waals surface area contributed by atoms with Gasteiger partial charge in [-0.3, -0.25) is 43.2 Å². The van der Waals surface area contributed by atoms with E-state index in [-0.39, 0.29) is 55.1 Å². The molecule has 422 valence electrons. The van der Waals surface area contributed by atoms with Gasteiger partial charge in [0.05, 0.1) is 30.6 Å². The lowest BCUT2D eigenvalue weighted by molar-refractivity contribution is -0.149. The maximum absolute atomic E-state index is 14.8. The molecule has 2 saturated heterocycles. The van der Waals surface area contributed by atoms with E-state index in [4.69, 9.17) is 4.74 Å². The Labute approximate surface area is 449 Å². The van der Waals surface area contributed by atoms with Crippen molar-refractivity contribution in [3.63, 3.8) is 0 Å². The summed E-state index contributed by atoms with van der Waals surface area (Å²) >= 11 is 1.09. The first-order chi connectivity index (χ1) is 35.1. The molecular formula is C54H89N9O11S. The average molecular weight is 1070 g/mol. The van der Waals surface area contributed by atoms with Gasteiger partial charge in [-0.15, -0.1) is 11.8 Å². The van der Waals surface area contributed by atoms with Gasteiger partial charge in [0.1, 0.15) is 42.3 Å². The Bertz CT molecular complexity index is 2100. The van der Waals surface area contributed by atoms with E-state index < -0.39 is 114 Å². The third kappa shape index (κ3) is 19.7. The van der Waals surface area contributed by atoms with Gasteiger partial charge in [-0.25, -0.2) is 0 Å². The number of likely N-dealkylation sites (tertiary alicyclic amines) is 1. The topological polar surface area (TPSA) is 247 Å².